The summed E-state index contributed by atoms with van der Waals surface area (Å²) in [4.78, 5) is 37.7. The molecule has 0 amide bonds. The van der Waals surface area contributed by atoms with Crippen LogP contribution in [0.15, 0.2) is 51.7 Å². The summed E-state index contributed by atoms with van der Waals surface area (Å²) in [7, 11) is 0. The van der Waals surface area contributed by atoms with Crippen molar-refractivity contribution in [3.8, 4) is 0 Å². The first-order valence-corrected chi connectivity index (χ1v) is 8.73. The van der Waals surface area contributed by atoms with Crippen molar-refractivity contribution in [2.24, 2.45) is 11.7 Å². The van der Waals surface area contributed by atoms with Gasteiger partial charge in [0.1, 0.15) is 6.61 Å². The van der Waals surface area contributed by atoms with E-state index < -0.39 is 29.7 Å². The third-order valence-electron chi connectivity index (χ3n) is 4.22. The van der Waals surface area contributed by atoms with Crippen molar-refractivity contribution in [2.75, 3.05) is 0 Å². The highest BCUT2D eigenvalue weighted by atomic mass is 35.5. The highest BCUT2D eigenvalue weighted by Gasteiger charge is 2.34. The molecule has 0 bridgehead atoms. The van der Waals surface area contributed by atoms with Gasteiger partial charge in [-0.25, -0.2) is 4.79 Å². The molecule has 146 valence electrons. The van der Waals surface area contributed by atoms with Crippen LogP contribution in [0.4, 0.5) is 0 Å². The van der Waals surface area contributed by atoms with Crippen molar-refractivity contribution in [1.82, 2.24) is 4.98 Å². The summed E-state index contributed by atoms with van der Waals surface area (Å²) >= 11 is 6.18. The average Bonchev–Trinajstić information content (AvgIpc) is 2.99. The van der Waals surface area contributed by atoms with Gasteiger partial charge in [0, 0.05) is 11.1 Å². The van der Waals surface area contributed by atoms with Gasteiger partial charge in [0.05, 0.1) is 5.52 Å². The first kappa shape index (κ1) is 19.7. The van der Waals surface area contributed by atoms with Gasteiger partial charge in [-0.15, -0.1) is 0 Å². The molecule has 28 heavy (non-hydrogen) atoms. The summed E-state index contributed by atoms with van der Waals surface area (Å²) in [6.45, 7) is -0.0581. The zero-order chi connectivity index (χ0) is 20.3. The number of nitrogens with one attached hydrogen (secondary N) is 1. The predicted molar refractivity (Wildman–Crippen MR) is 101 cm³/mol. The number of aliphatic carboxylic acids is 1. The Hall–Kier alpha value is -3.10. The monoisotopic (exact) mass is 404 g/mol. The third-order valence-corrected chi connectivity index (χ3v) is 4.57. The number of carboxylic acids is 1. The smallest absolute Gasteiger partial charge is 0.417 e. The van der Waals surface area contributed by atoms with Crippen LogP contribution in [0.2, 0.25) is 5.02 Å². The number of ether oxygens (including phenoxy) is 1. The molecule has 4 N–H and O–H groups in total. The van der Waals surface area contributed by atoms with E-state index in [2.05, 4.69) is 4.98 Å². The number of carbonyl (C=O) groups excluding carboxylic acids is 1. The van der Waals surface area contributed by atoms with E-state index in [1.165, 1.54) is 12.1 Å². The van der Waals surface area contributed by atoms with Gasteiger partial charge in [-0.1, -0.05) is 41.9 Å². The lowest BCUT2D eigenvalue weighted by Gasteiger charge is -2.19. The molecule has 1 heterocycles. The van der Waals surface area contributed by atoms with Gasteiger partial charge in [0.15, 0.2) is 11.5 Å². The number of aromatic nitrogens is 1. The molecule has 0 aliphatic carbocycles. The summed E-state index contributed by atoms with van der Waals surface area (Å²) in [6.07, 6.45) is -0.0267. The minimum absolute atomic E-state index is 0.0267. The van der Waals surface area contributed by atoms with Crippen molar-refractivity contribution >= 4 is 34.6 Å². The Morgan fingerprint density at radius 1 is 1.25 bits per heavy atom. The average molecular weight is 405 g/mol. The van der Waals surface area contributed by atoms with Crippen LogP contribution in [-0.2, 0) is 27.4 Å². The molecule has 0 fully saturated rings. The molecule has 1 aromatic heterocycles. The fraction of sp³-hybridized carbons (Fsp3) is 0.211. The van der Waals surface area contributed by atoms with Gasteiger partial charge in [0.25, 0.3) is 0 Å². The topological polar surface area (TPSA) is 136 Å². The number of fused-ring (bicyclic) bond motifs is 1. The van der Waals surface area contributed by atoms with Gasteiger partial charge in [-0.2, -0.15) is 0 Å². The minimum atomic E-state index is -1.58. The molecule has 9 heteroatoms. The van der Waals surface area contributed by atoms with E-state index in [9.17, 15) is 19.5 Å². The standard InChI is InChI=1S/C19H17ClN2O6/c20-12-8-14-15(28-19(26)22-14)7-11(12)6-13(21)16(17(23)24)18(25)27-9-10-4-2-1-3-5-10/h1-5,7-8,13,16H,6,9,21H2,(H,22,26)(H,23,24). The highest BCUT2D eigenvalue weighted by Crippen LogP contribution is 2.25. The van der Waals surface area contributed by atoms with Crippen LogP contribution in [0, 0.1) is 5.92 Å². The lowest BCUT2D eigenvalue weighted by atomic mass is 9.94. The van der Waals surface area contributed by atoms with Gasteiger partial charge in [-0.3, -0.25) is 14.6 Å². The SMILES string of the molecule is NC(Cc1cc2oc(=O)[nH]c2cc1Cl)C(C(=O)O)C(=O)OCc1ccccc1. The van der Waals surface area contributed by atoms with Crippen LogP contribution in [0.5, 0.6) is 0 Å². The maximum absolute atomic E-state index is 12.3. The van der Waals surface area contributed by atoms with Crippen molar-refractivity contribution in [3.05, 3.63) is 69.2 Å². The van der Waals surface area contributed by atoms with Crippen molar-refractivity contribution in [3.63, 3.8) is 0 Å². The number of carbonyl (C=O) groups is 2. The predicted octanol–water partition coefficient (Wildman–Crippen LogP) is 2.09. The Morgan fingerprint density at radius 2 is 1.96 bits per heavy atom. The molecule has 0 spiro atoms. The van der Waals surface area contributed by atoms with Crippen LogP contribution < -0.4 is 11.5 Å². The highest BCUT2D eigenvalue weighted by molar-refractivity contribution is 6.32. The van der Waals surface area contributed by atoms with Gasteiger partial charge in [0.2, 0.25) is 0 Å². The molecule has 0 aliphatic heterocycles. The van der Waals surface area contributed by atoms with E-state index in [-0.39, 0.29) is 23.6 Å². The van der Waals surface area contributed by atoms with Gasteiger partial charge >= 0.3 is 17.7 Å². The molecule has 0 saturated heterocycles. The van der Waals surface area contributed by atoms with Crippen molar-refractivity contribution in [1.29, 1.82) is 0 Å². The lowest BCUT2D eigenvalue weighted by Crippen LogP contribution is -2.43. The van der Waals surface area contributed by atoms with Gasteiger partial charge in [-0.05, 0) is 29.7 Å². The number of halogens is 1. The molecule has 2 aromatic carbocycles. The van der Waals surface area contributed by atoms with Crippen molar-refractivity contribution < 1.29 is 23.8 Å². The zero-order valence-electron chi connectivity index (χ0n) is 14.6. The number of oxazole rings is 1. The van der Waals surface area contributed by atoms with Gasteiger partial charge < -0.3 is 20.0 Å². The molecular weight excluding hydrogens is 388 g/mol. The van der Waals surface area contributed by atoms with E-state index in [0.29, 0.717) is 11.1 Å². The molecule has 2 unspecified atom stereocenters. The molecule has 0 radical (unpaired) electrons. The molecular formula is C19H17ClN2O6. The Labute approximate surface area is 163 Å². The normalized spacial score (nSPS) is 13.2. The van der Waals surface area contributed by atoms with Crippen molar-refractivity contribution in [2.45, 2.75) is 19.1 Å². The van der Waals surface area contributed by atoms with Crippen LogP contribution in [0.25, 0.3) is 11.1 Å². The molecule has 0 saturated carbocycles. The largest absolute Gasteiger partial charge is 0.481 e. The molecule has 8 nitrogen and oxygen atoms in total. The molecule has 3 aromatic rings. The summed E-state index contributed by atoms with van der Waals surface area (Å²) in [6, 6.07) is 10.8. The van der Waals surface area contributed by atoms with Crippen LogP contribution >= 0.6 is 11.6 Å². The Bertz CT molecular complexity index is 1060. The van der Waals surface area contributed by atoms with Crippen LogP contribution in [0.1, 0.15) is 11.1 Å². The van der Waals surface area contributed by atoms with Crippen LogP contribution in [-0.4, -0.2) is 28.1 Å². The van der Waals surface area contributed by atoms with E-state index in [0.717, 1.165) is 5.56 Å². The van der Waals surface area contributed by atoms with E-state index >= 15 is 0 Å². The summed E-state index contributed by atoms with van der Waals surface area (Å²) in [5.74, 6) is -4.54. The molecule has 0 aliphatic rings. The molecule has 3 rings (SSSR count). The second-order valence-corrected chi connectivity index (χ2v) is 6.64. The number of hydrogen-bond acceptors (Lipinski definition) is 6. The number of carboxylic acid groups (broad SMARTS) is 1. The lowest BCUT2D eigenvalue weighted by molar-refractivity contribution is -0.160. The number of esters is 1. The summed E-state index contributed by atoms with van der Waals surface area (Å²) in [5, 5.41) is 9.72. The quantitative estimate of drug-likeness (QED) is 0.405. The third kappa shape index (κ3) is 4.41. The number of nitrogens with two attached hydrogens (primary N) is 1. The Morgan fingerprint density at radius 3 is 2.64 bits per heavy atom. The van der Waals surface area contributed by atoms with E-state index in [4.69, 9.17) is 26.5 Å². The van der Waals surface area contributed by atoms with E-state index in [1.54, 1.807) is 24.3 Å². The Balaban J connectivity index is 1.74. The maximum Gasteiger partial charge on any atom is 0.417 e. The molecule has 2 atom stereocenters. The first-order chi connectivity index (χ1) is 13.3. The Kier molecular flexibility index (Phi) is 5.81. The fourth-order valence-corrected chi connectivity index (χ4v) is 3.06. The summed E-state index contributed by atoms with van der Waals surface area (Å²) in [5.41, 5.74) is 7.84. The second-order valence-electron chi connectivity index (χ2n) is 6.23. The second kappa shape index (κ2) is 8.28. The fourth-order valence-electron chi connectivity index (χ4n) is 2.82. The van der Waals surface area contributed by atoms with E-state index in [1.807, 2.05) is 6.07 Å². The number of aromatic amines is 1. The maximum atomic E-state index is 12.3. The summed E-state index contributed by atoms with van der Waals surface area (Å²) < 4.78 is 10.1. The number of hydrogen-bond donors (Lipinski definition) is 3. The number of H-pyrrole nitrogens is 1. The number of benzene rings is 2. The first-order valence-electron chi connectivity index (χ1n) is 8.35. The minimum Gasteiger partial charge on any atom is -0.481 e. The zero-order valence-corrected chi connectivity index (χ0v) is 15.3. The number of rotatable bonds is 7. The van der Waals surface area contributed by atoms with Crippen LogP contribution in [0.3, 0.4) is 0 Å².